The first-order valence-corrected chi connectivity index (χ1v) is 5.76. The molecule has 3 rings (SSSR count). The number of hydrogen-bond donors (Lipinski definition) is 1. The highest BCUT2D eigenvalue weighted by Crippen LogP contribution is 2.38. The fraction of sp³-hybridized carbons (Fsp3) is 0.538. The summed E-state index contributed by atoms with van der Waals surface area (Å²) in [7, 11) is 0. The molecule has 2 atom stereocenters. The van der Waals surface area contributed by atoms with E-state index in [1.165, 1.54) is 32.2 Å². The summed E-state index contributed by atoms with van der Waals surface area (Å²) in [5, 5.41) is 3.68. The van der Waals surface area contributed by atoms with E-state index >= 15 is 0 Å². The van der Waals surface area contributed by atoms with Crippen LogP contribution in [0.15, 0.2) is 24.3 Å². The van der Waals surface area contributed by atoms with E-state index in [4.69, 9.17) is 0 Å². The lowest BCUT2D eigenvalue weighted by Gasteiger charge is -2.37. The fourth-order valence-corrected chi connectivity index (χ4v) is 3.04. The molecule has 14 heavy (non-hydrogen) atoms. The Morgan fingerprint density at radius 2 is 2.07 bits per heavy atom. The summed E-state index contributed by atoms with van der Waals surface area (Å²) in [6.45, 7) is 1.20. The number of rotatable bonds is 0. The highest BCUT2D eigenvalue weighted by Gasteiger charge is 2.30. The molecular weight excluding hydrogens is 170 g/mol. The van der Waals surface area contributed by atoms with Gasteiger partial charge in [0.15, 0.2) is 0 Å². The minimum atomic E-state index is 0.661. The zero-order chi connectivity index (χ0) is 9.38. The molecule has 1 aromatic rings. The second-order valence-electron chi connectivity index (χ2n) is 4.57. The number of hydrogen-bond acceptors (Lipinski definition) is 1. The normalized spacial score (nSPS) is 30.6. The SMILES string of the molecule is c1ccc2c(c1)CC[C@@H]1CCCN[C@@H]21. The number of aryl methyl sites for hydroxylation is 1. The molecule has 0 bridgehead atoms. The van der Waals surface area contributed by atoms with Gasteiger partial charge in [-0.25, -0.2) is 0 Å². The van der Waals surface area contributed by atoms with Gasteiger partial charge >= 0.3 is 0 Å². The molecule has 0 radical (unpaired) electrons. The third-order valence-corrected chi connectivity index (χ3v) is 3.76. The molecule has 74 valence electrons. The lowest BCUT2D eigenvalue weighted by atomic mass is 9.76. The molecule has 1 saturated heterocycles. The Morgan fingerprint density at radius 1 is 1.14 bits per heavy atom. The molecule has 1 heteroatoms. The zero-order valence-corrected chi connectivity index (χ0v) is 8.50. The average Bonchev–Trinajstić information content (AvgIpc) is 2.29. The van der Waals surface area contributed by atoms with E-state index in [9.17, 15) is 0 Å². The Labute approximate surface area is 85.5 Å². The van der Waals surface area contributed by atoms with Crippen molar-refractivity contribution in [3.05, 3.63) is 35.4 Å². The summed E-state index contributed by atoms with van der Waals surface area (Å²) >= 11 is 0. The quantitative estimate of drug-likeness (QED) is 0.658. The van der Waals surface area contributed by atoms with Crippen LogP contribution in [0.2, 0.25) is 0 Å². The first-order chi connectivity index (χ1) is 6.95. The Morgan fingerprint density at radius 3 is 3.07 bits per heavy atom. The van der Waals surface area contributed by atoms with E-state index in [0.717, 1.165) is 5.92 Å². The van der Waals surface area contributed by atoms with E-state index in [0.29, 0.717) is 6.04 Å². The van der Waals surface area contributed by atoms with E-state index in [1.54, 1.807) is 11.1 Å². The standard InChI is InChI=1S/C13H17N/c1-2-6-12-10(4-1)7-8-11-5-3-9-14-13(11)12/h1-2,4,6,11,13-14H,3,5,7-9H2/t11-,13+/m0/s1. The lowest BCUT2D eigenvalue weighted by Crippen LogP contribution is -2.37. The first kappa shape index (κ1) is 8.49. The van der Waals surface area contributed by atoms with Gasteiger partial charge in [0.2, 0.25) is 0 Å². The van der Waals surface area contributed by atoms with Gasteiger partial charge in [-0.15, -0.1) is 0 Å². The Balaban J connectivity index is 1.99. The van der Waals surface area contributed by atoms with Crippen molar-refractivity contribution in [3.8, 4) is 0 Å². The molecule has 1 heterocycles. The zero-order valence-electron chi connectivity index (χ0n) is 8.50. The van der Waals surface area contributed by atoms with Crippen LogP contribution in [0.4, 0.5) is 0 Å². The van der Waals surface area contributed by atoms with Crippen molar-refractivity contribution in [2.75, 3.05) is 6.54 Å². The molecule has 1 aliphatic heterocycles. The summed E-state index contributed by atoms with van der Waals surface area (Å²) in [5.41, 5.74) is 3.15. The van der Waals surface area contributed by atoms with Crippen molar-refractivity contribution >= 4 is 0 Å². The topological polar surface area (TPSA) is 12.0 Å². The van der Waals surface area contributed by atoms with Gasteiger partial charge in [0.25, 0.3) is 0 Å². The molecule has 0 amide bonds. The highest BCUT2D eigenvalue weighted by molar-refractivity contribution is 5.33. The molecular formula is C13H17N. The van der Waals surface area contributed by atoms with Crippen LogP contribution in [0, 0.1) is 5.92 Å². The fourth-order valence-electron chi connectivity index (χ4n) is 3.04. The van der Waals surface area contributed by atoms with Crippen LogP contribution < -0.4 is 5.32 Å². The maximum Gasteiger partial charge on any atom is 0.0351 e. The first-order valence-electron chi connectivity index (χ1n) is 5.76. The monoisotopic (exact) mass is 187 g/mol. The number of nitrogens with one attached hydrogen (secondary N) is 1. The van der Waals surface area contributed by atoms with Crippen molar-refractivity contribution in [1.82, 2.24) is 5.32 Å². The molecule has 1 fully saturated rings. The van der Waals surface area contributed by atoms with Crippen molar-refractivity contribution in [2.24, 2.45) is 5.92 Å². The minimum Gasteiger partial charge on any atom is -0.310 e. The Hall–Kier alpha value is -0.820. The molecule has 1 N–H and O–H groups in total. The summed E-state index contributed by atoms with van der Waals surface area (Å²) in [6, 6.07) is 9.61. The van der Waals surface area contributed by atoms with Crippen molar-refractivity contribution in [2.45, 2.75) is 31.7 Å². The van der Waals surface area contributed by atoms with Gasteiger partial charge in [0.1, 0.15) is 0 Å². The third-order valence-electron chi connectivity index (χ3n) is 3.76. The van der Waals surface area contributed by atoms with Crippen LogP contribution in [0.5, 0.6) is 0 Å². The number of fused-ring (bicyclic) bond motifs is 3. The molecule has 0 aromatic heterocycles. The van der Waals surface area contributed by atoms with E-state index < -0.39 is 0 Å². The Kier molecular flexibility index (Phi) is 2.06. The third kappa shape index (κ3) is 1.27. The van der Waals surface area contributed by atoms with E-state index in [2.05, 4.69) is 29.6 Å². The van der Waals surface area contributed by atoms with Crippen molar-refractivity contribution in [3.63, 3.8) is 0 Å². The van der Waals surface area contributed by atoms with Crippen LogP contribution in [0.25, 0.3) is 0 Å². The molecule has 0 saturated carbocycles. The molecule has 1 aromatic carbocycles. The van der Waals surface area contributed by atoms with Crippen LogP contribution in [-0.2, 0) is 6.42 Å². The van der Waals surface area contributed by atoms with E-state index in [-0.39, 0.29) is 0 Å². The average molecular weight is 187 g/mol. The summed E-state index contributed by atoms with van der Waals surface area (Å²) < 4.78 is 0. The molecule has 0 unspecified atom stereocenters. The van der Waals surface area contributed by atoms with Gasteiger partial charge in [0, 0.05) is 6.04 Å². The van der Waals surface area contributed by atoms with Crippen molar-refractivity contribution in [1.29, 1.82) is 0 Å². The minimum absolute atomic E-state index is 0.661. The molecule has 0 spiro atoms. The van der Waals surface area contributed by atoms with Crippen LogP contribution in [-0.4, -0.2) is 6.54 Å². The van der Waals surface area contributed by atoms with Crippen LogP contribution in [0.3, 0.4) is 0 Å². The van der Waals surface area contributed by atoms with Gasteiger partial charge in [-0.1, -0.05) is 24.3 Å². The highest BCUT2D eigenvalue weighted by atomic mass is 14.9. The van der Waals surface area contributed by atoms with Gasteiger partial charge in [-0.2, -0.15) is 0 Å². The summed E-state index contributed by atoms with van der Waals surface area (Å²) in [4.78, 5) is 0. The smallest absolute Gasteiger partial charge is 0.0351 e. The van der Waals surface area contributed by atoms with Gasteiger partial charge in [-0.3, -0.25) is 0 Å². The predicted octanol–water partition coefficient (Wildman–Crippen LogP) is 2.67. The van der Waals surface area contributed by atoms with Gasteiger partial charge in [-0.05, 0) is 49.3 Å². The summed E-state index contributed by atoms with van der Waals surface area (Å²) in [6.07, 6.45) is 5.46. The molecule has 2 aliphatic rings. The maximum atomic E-state index is 3.68. The second kappa shape index (κ2) is 3.39. The number of piperidine rings is 1. The van der Waals surface area contributed by atoms with Crippen LogP contribution >= 0.6 is 0 Å². The van der Waals surface area contributed by atoms with E-state index in [1.807, 2.05) is 0 Å². The lowest BCUT2D eigenvalue weighted by molar-refractivity contribution is 0.255. The van der Waals surface area contributed by atoms with Gasteiger partial charge < -0.3 is 5.32 Å². The Bertz CT molecular complexity index is 332. The predicted molar refractivity (Wildman–Crippen MR) is 58.2 cm³/mol. The summed E-state index contributed by atoms with van der Waals surface area (Å²) in [5.74, 6) is 0.902. The molecule has 1 aliphatic carbocycles. The molecule has 1 nitrogen and oxygen atoms in total. The number of benzene rings is 1. The van der Waals surface area contributed by atoms with Crippen molar-refractivity contribution < 1.29 is 0 Å². The van der Waals surface area contributed by atoms with Crippen LogP contribution in [0.1, 0.15) is 36.4 Å². The largest absolute Gasteiger partial charge is 0.310 e. The maximum absolute atomic E-state index is 3.68. The second-order valence-corrected chi connectivity index (χ2v) is 4.57. The van der Waals surface area contributed by atoms with Gasteiger partial charge in [0.05, 0.1) is 0 Å².